The Kier molecular flexibility index (Phi) is 6.79. The maximum absolute atomic E-state index is 13.0. The lowest BCUT2D eigenvalue weighted by Gasteiger charge is -2.12. The van der Waals surface area contributed by atoms with Crippen molar-refractivity contribution in [2.24, 2.45) is 0 Å². The zero-order chi connectivity index (χ0) is 22.6. The van der Waals surface area contributed by atoms with Crippen molar-refractivity contribution in [1.29, 1.82) is 0 Å². The van der Waals surface area contributed by atoms with Gasteiger partial charge in [0.05, 0.1) is 15.6 Å². The minimum atomic E-state index is -4.18. The van der Waals surface area contributed by atoms with E-state index in [0.717, 1.165) is 18.2 Å². The van der Waals surface area contributed by atoms with E-state index >= 15 is 0 Å². The number of sulfonamides is 1. The Balaban J connectivity index is 1.76. The number of hydrogen-bond donors (Lipinski definition) is 3. The third-order valence-electron chi connectivity index (χ3n) is 3.99. The van der Waals surface area contributed by atoms with E-state index in [2.05, 4.69) is 15.6 Å². The van der Waals surface area contributed by atoms with E-state index < -0.39 is 27.7 Å². The van der Waals surface area contributed by atoms with E-state index in [1.54, 1.807) is 12.1 Å². The van der Waals surface area contributed by atoms with E-state index in [4.69, 9.17) is 23.2 Å². The molecule has 0 saturated heterocycles. The highest BCUT2D eigenvalue weighted by atomic mass is 35.5. The van der Waals surface area contributed by atoms with Crippen LogP contribution in [0.2, 0.25) is 10.0 Å². The normalized spacial score (nSPS) is 10.9. The average molecular weight is 482 g/mol. The van der Waals surface area contributed by atoms with Gasteiger partial charge in [0.15, 0.2) is 0 Å². The zero-order valence-electron chi connectivity index (χ0n) is 15.5. The molecule has 0 atom stereocenters. The summed E-state index contributed by atoms with van der Waals surface area (Å²) in [4.78, 5) is 24.2. The third-order valence-corrected chi connectivity index (χ3v) is 6.18. The van der Waals surface area contributed by atoms with E-state index in [9.17, 15) is 22.4 Å². The topological polar surface area (TPSA) is 104 Å². The summed E-state index contributed by atoms with van der Waals surface area (Å²) in [5, 5.41) is 0.0623. The summed E-state index contributed by atoms with van der Waals surface area (Å²) in [6.07, 6.45) is 0. The molecule has 0 bridgehead atoms. The molecule has 0 aliphatic carbocycles. The van der Waals surface area contributed by atoms with Crippen molar-refractivity contribution in [3.63, 3.8) is 0 Å². The quantitative estimate of drug-likeness (QED) is 0.478. The van der Waals surface area contributed by atoms with Gasteiger partial charge in [0.25, 0.3) is 21.8 Å². The lowest BCUT2D eigenvalue weighted by atomic mass is 10.2. The molecule has 0 aliphatic heterocycles. The van der Waals surface area contributed by atoms with Crippen molar-refractivity contribution in [1.82, 2.24) is 10.9 Å². The summed E-state index contributed by atoms with van der Waals surface area (Å²) in [5.41, 5.74) is 4.56. The number of nitrogens with one attached hydrogen (secondary N) is 3. The Morgan fingerprint density at radius 2 is 1.45 bits per heavy atom. The molecule has 0 saturated carbocycles. The number of benzene rings is 3. The van der Waals surface area contributed by atoms with Crippen molar-refractivity contribution in [3.8, 4) is 0 Å². The number of carbonyl (C=O) groups excluding carboxylic acids is 2. The van der Waals surface area contributed by atoms with Crippen molar-refractivity contribution in [3.05, 3.63) is 93.7 Å². The summed E-state index contributed by atoms with van der Waals surface area (Å²) in [5.74, 6) is -1.97. The van der Waals surface area contributed by atoms with Gasteiger partial charge in [-0.2, -0.15) is 0 Å². The summed E-state index contributed by atoms with van der Waals surface area (Å²) in [6, 6.07) is 14.5. The minimum absolute atomic E-state index is 0.0802. The van der Waals surface area contributed by atoms with Crippen molar-refractivity contribution in [2.75, 3.05) is 4.72 Å². The van der Waals surface area contributed by atoms with Crippen LogP contribution in [0.15, 0.2) is 71.6 Å². The van der Waals surface area contributed by atoms with Crippen LogP contribution < -0.4 is 15.6 Å². The molecule has 7 nitrogen and oxygen atoms in total. The molecule has 0 heterocycles. The second kappa shape index (κ2) is 9.34. The first-order valence-corrected chi connectivity index (χ1v) is 10.8. The fourth-order valence-corrected chi connectivity index (χ4v) is 4.28. The van der Waals surface area contributed by atoms with Crippen LogP contribution in [0.3, 0.4) is 0 Å². The summed E-state index contributed by atoms with van der Waals surface area (Å²) in [6.45, 7) is 0. The number of carbonyl (C=O) groups is 2. The standard InChI is InChI=1S/C20H14Cl2FN3O4S/c21-16-4-2-1-3-15(16)20(28)25-24-19(27)12-5-10-17(22)18(11-12)31(29,30)26-14-8-6-13(23)7-9-14/h1-11,26H,(H,24,27)(H,25,28). The number of hydrazine groups is 1. The fourth-order valence-electron chi connectivity index (χ4n) is 2.48. The fraction of sp³-hybridized carbons (Fsp3) is 0. The smallest absolute Gasteiger partial charge is 0.271 e. The van der Waals surface area contributed by atoms with Gasteiger partial charge in [-0.05, 0) is 54.6 Å². The summed E-state index contributed by atoms with van der Waals surface area (Å²) in [7, 11) is -4.18. The van der Waals surface area contributed by atoms with E-state index in [0.29, 0.717) is 0 Å². The van der Waals surface area contributed by atoms with Crippen LogP contribution in [0.25, 0.3) is 0 Å². The Bertz CT molecular complexity index is 1250. The van der Waals surface area contributed by atoms with Gasteiger partial charge >= 0.3 is 0 Å². The van der Waals surface area contributed by atoms with Crippen LogP contribution in [-0.2, 0) is 10.0 Å². The Morgan fingerprint density at radius 1 is 0.806 bits per heavy atom. The molecule has 0 aliphatic rings. The highest BCUT2D eigenvalue weighted by molar-refractivity contribution is 7.92. The largest absolute Gasteiger partial charge is 0.280 e. The molecule has 0 spiro atoms. The van der Waals surface area contributed by atoms with Crippen LogP contribution in [-0.4, -0.2) is 20.2 Å². The van der Waals surface area contributed by atoms with Gasteiger partial charge < -0.3 is 0 Å². The third kappa shape index (κ3) is 5.52. The van der Waals surface area contributed by atoms with E-state index in [1.165, 1.54) is 36.4 Å². The van der Waals surface area contributed by atoms with Crippen LogP contribution in [0.4, 0.5) is 10.1 Å². The Morgan fingerprint density at radius 3 is 2.13 bits per heavy atom. The zero-order valence-corrected chi connectivity index (χ0v) is 17.9. The molecule has 11 heteroatoms. The molecular weight excluding hydrogens is 468 g/mol. The maximum Gasteiger partial charge on any atom is 0.271 e. The van der Waals surface area contributed by atoms with Gasteiger partial charge in [0, 0.05) is 11.3 Å². The number of rotatable bonds is 5. The molecule has 3 N–H and O–H groups in total. The number of anilines is 1. The highest BCUT2D eigenvalue weighted by Gasteiger charge is 2.21. The molecule has 3 rings (SSSR count). The average Bonchev–Trinajstić information content (AvgIpc) is 2.74. The second-order valence-corrected chi connectivity index (χ2v) is 8.61. The molecule has 2 amide bonds. The predicted molar refractivity (Wildman–Crippen MR) is 115 cm³/mol. The van der Waals surface area contributed by atoms with Crippen molar-refractivity contribution < 1.29 is 22.4 Å². The van der Waals surface area contributed by atoms with Crippen LogP contribution >= 0.6 is 23.2 Å². The van der Waals surface area contributed by atoms with Crippen molar-refractivity contribution in [2.45, 2.75) is 4.90 Å². The Hall–Kier alpha value is -3.14. The first-order chi connectivity index (χ1) is 14.7. The molecule has 31 heavy (non-hydrogen) atoms. The van der Waals surface area contributed by atoms with Crippen molar-refractivity contribution >= 4 is 50.7 Å². The highest BCUT2D eigenvalue weighted by Crippen LogP contribution is 2.25. The van der Waals surface area contributed by atoms with Gasteiger partial charge in [-0.3, -0.25) is 25.2 Å². The SMILES string of the molecule is O=C(NNC(=O)c1ccccc1Cl)c1ccc(Cl)c(S(=O)(=O)Nc2ccc(F)cc2)c1. The number of amides is 2. The lowest BCUT2D eigenvalue weighted by molar-refractivity contribution is 0.0846. The minimum Gasteiger partial charge on any atom is -0.280 e. The maximum atomic E-state index is 13.0. The van der Waals surface area contributed by atoms with Crippen LogP contribution in [0.1, 0.15) is 20.7 Å². The Labute approximate surface area is 187 Å². The summed E-state index contributed by atoms with van der Waals surface area (Å²) < 4.78 is 40.6. The van der Waals surface area contributed by atoms with Gasteiger partial charge in [-0.15, -0.1) is 0 Å². The number of halogens is 3. The molecule has 3 aromatic carbocycles. The van der Waals surface area contributed by atoms with Gasteiger partial charge in [0.2, 0.25) is 0 Å². The predicted octanol–water partition coefficient (Wildman–Crippen LogP) is 4.01. The van der Waals surface area contributed by atoms with Gasteiger partial charge in [-0.1, -0.05) is 35.3 Å². The number of hydrogen-bond acceptors (Lipinski definition) is 4. The van der Waals surface area contributed by atoms with Gasteiger partial charge in [0.1, 0.15) is 10.7 Å². The van der Waals surface area contributed by atoms with Gasteiger partial charge in [-0.25, -0.2) is 12.8 Å². The second-order valence-electron chi connectivity index (χ2n) is 6.15. The summed E-state index contributed by atoms with van der Waals surface area (Å²) >= 11 is 11.9. The molecule has 160 valence electrons. The monoisotopic (exact) mass is 481 g/mol. The van der Waals surface area contributed by atoms with E-state index in [1.807, 2.05) is 0 Å². The lowest BCUT2D eigenvalue weighted by Crippen LogP contribution is -2.41. The van der Waals surface area contributed by atoms with Crippen LogP contribution in [0.5, 0.6) is 0 Å². The van der Waals surface area contributed by atoms with E-state index in [-0.39, 0.29) is 31.8 Å². The molecule has 0 unspecified atom stereocenters. The first-order valence-electron chi connectivity index (χ1n) is 8.60. The van der Waals surface area contributed by atoms with Crippen LogP contribution in [0, 0.1) is 5.82 Å². The molecule has 0 aromatic heterocycles. The molecule has 3 aromatic rings. The molecule has 0 fully saturated rings. The molecular formula is C20H14Cl2FN3O4S. The first kappa shape index (κ1) is 22.5. The molecule has 0 radical (unpaired) electrons.